The van der Waals surface area contributed by atoms with Gasteiger partial charge in [0.15, 0.2) is 0 Å². The molecule has 3 atom stereocenters. The second kappa shape index (κ2) is 5.02. The summed E-state index contributed by atoms with van der Waals surface area (Å²) in [6, 6.07) is 6.88. The Balaban J connectivity index is 1.78. The summed E-state index contributed by atoms with van der Waals surface area (Å²) < 4.78 is 8.97. The molecule has 1 aliphatic rings. The van der Waals surface area contributed by atoms with Crippen LogP contribution in [0.5, 0.6) is 0 Å². The number of benzene rings is 1. The number of nitrogens with one attached hydrogen (secondary N) is 1. The fraction of sp³-hybridized carbons (Fsp3) is 0.571. The zero-order valence-corrected chi connectivity index (χ0v) is 12.6. The maximum atomic E-state index is 4.53. The molecule has 1 heterocycles. The molecule has 1 N–H and O–H groups in total. The van der Waals surface area contributed by atoms with E-state index < -0.39 is 0 Å². The summed E-state index contributed by atoms with van der Waals surface area (Å²) in [6.07, 6.45) is 3.88. The molecule has 3 rings (SSSR count). The van der Waals surface area contributed by atoms with Crippen molar-refractivity contribution in [3.8, 4) is 0 Å². The van der Waals surface area contributed by atoms with Crippen molar-refractivity contribution < 1.29 is 0 Å². The Labute approximate surface area is 114 Å². The molecule has 2 aromatic rings. The summed E-state index contributed by atoms with van der Waals surface area (Å²) in [4.78, 5) is 0. The van der Waals surface area contributed by atoms with Crippen LogP contribution in [0.3, 0.4) is 0 Å². The average Bonchev–Trinajstić information content (AvgIpc) is 2.83. The second-order valence-corrected chi connectivity index (χ2v) is 6.66. The van der Waals surface area contributed by atoms with Gasteiger partial charge in [0, 0.05) is 0 Å². The third-order valence-electron chi connectivity index (χ3n) is 4.24. The van der Waals surface area contributed by atoms with Gasteiger partial charge in [-0.2, -0.15) is 0 Å². The van der Waals surface area contributed by atoms with Crippen LogP contribution in [0, 0.1) is 11.8 Å². The van der Waals surface area contributed by atoms with Crippen LogP contribution in [0.2, 0.25) is 0 Å². The molecule has 0 bridgehead atoms. The first-order valence-corrected chi connectivity index (χ1v) is 8.25. The molecule has 3 unspecified atom stereocenters. The first-order valence-electron chi connectivity index (χ1n) is 6.72. The Morgan fingerprint density at radius 3 is 2.89 bits per heavy atom. The summed E-state index contributed by atoms with van der Waals surface area (Å²) in [5.74, 6) is 1.69. The monoisotopic (exact) mass is 309 g/mol. The quantitative estimate of drug-likeness (QED) is 0.867. The Morgan fingerprint density at radius 1 is 1.17 bits per heavy atom. The van der Waals surface area contributed by atoms with Gasteiger partial charge < -0.3 is 0 Å². The van der Waals surface area contributed by atoms with Crippen molar-refractivity contribution in [1.29, 1.82) is 0 Å². The first kappa shape index (κ1) is 12.2. The van der Waals surface area contributed by atoms with Gasteiger partial charge in [0.2, 0.25) is 0 Å². The van der Waals surface area contributed by atoms with Gasteiger partial charge in [-0.05, 0) is 0 Å². The van der Waals surface area contributed by atoms with Crippen LogP contribution in [0.1, 0.15) is 33.1 Å². The summed E-state index contributed by atoms with van der Waals surface area (Å²) >= 11 is 0.0640. The number of aromatic nitrogens is 2. The summed E-state index contributed by atoms with van der Waals surface area (Å²) in [7, 11) is 0. The molecule has 1 saturated carbocycles. The van der Waals surface area contributed by atoms with Crippen molar-refractivity contribution in [3.63, 3.8) is 0 Å². The van der Waals surface area contributed by atoms with Crippen molar-refractivity contribution in [2.45, 2.75) is 39.2 Å². The Kier molecular flexibility index (Phi) is 3.40. The topological polar surface area (TPSA) is 37.8 Å². The molecule has 1 aromatic carbocycles. The van der Waals surface area contributed by atoms with Crippen LogP contribution in [0.4, 0.5) is 5.69 Å². The van der Waals surface area contributed by atoms with Crippen molar-refractivity contribution in [3.05, 3.63) is 18.2 Å². The molecule has 1 aliphatic carbocycles. The molecule has 0 spiro atoms. The molecular formula is C14H19N3Se. The normalized spacial score (nSPS) is 28.4. The zero-order chi connectivity index (χ0) is 12.5. The van der Waals surface area contributed by atoms with Gasteiger partial charge in [0.1, 0.15) is 0 Å². The molecular weight excluding hydrogens is 289 g/mol. The molecule has 1 aromatic heterocycles. The Morgan fingerprint density at radius 2 is 2.06 bits per heavy atom. The van der Waals surface area contributed by atoms with Crippen LogP contribution >= 0.6 is 0 Å². The Hall–Kier alpha value is -0.861. The van der Waals surface area contributed by atoms with Gasteiger partial charge in [0.25, 0.3) is 0 Å². The number of nitrogens with zero attached hydrogens (tertiary/aromatic N) is 2. The minimum atomic E-state index is 0.0640. The number of hydrogen-bond acceptors (Lipinski definition) is 3. The van der Waals surface area contributed by atoms with Crippen LogP contribution < -0.4 is 5.32 Å². The molecule has 96 valence electrons. The molecule has 1 fully saturated rings. The standard InChI is InChI=1S/C14H19N3Se/c1-9-6-7-11(8-10(9)2)15-12-4-3-5-13-14(12)17-18-16-13/h3-5,9-11,15H,6-8H2,1-2H3. The molecule has 0 saturated heterocycles. The predicted molar refractivity (Wildman–Crippen MR) is 76.1 cm³/mol. The maximum absolute atomic E-state index is 4.53. The van der Waals surface area contributed by atoms with Gasteiger partial charge in [-0.1, -0.05) is 0 Å². The fourth-order valence-electron chi connectivity index (χ4n) is 2.82. The van der Waals surface area contributed by atoms with E-state index in [1.54, 1.807) is 0 Å². The van der Waals surface area contributed by atoms with Gasteiger partial charge in [0.05, 0.1) is 0 Å². The summed E-state index contributed by atoms with van der Waals surface area (Å²) in [6.45, 7) is 4.74. The molecule has 4 heteroatoms. The van der Waals surface area contributed by atoms with Crippen LogP contribution in [0.25, 0.3) is 11.0 Å². The van der Waals surface area contributed by atoms with E-state index >= 15 is 0 Å². The van der Waals surface area contributed by atoms with Gasteiger partial charge in [-0.3, -0.25) is 0 Å². The fourth-order valence-corrected chi connectivity index (χ4v) is 3.97. The van der Waals surface area contributed by atoms with Crippen LogP contribution in [-0.2, 0) is 0 Å². The molecule has 3 nitrogen and oxygen atoms in total. The van der Waals surface area contributed by atoms with E-state index in [1.807, 2.05) is 0 Å². The predicted octanol–water partition coefficient (Wildman–Crippen LogP) is 2.92. The summed E-state index contributed by atoms with van der Waals surface area (Å²) in [5, 5.41) is 3.69. The number of hydrogen-bond donors (Lipinski definition) is 1. The second-order valence-electron chi connectivity index (χ2n) is 5.55. The van der Waals surface area contributed by atoms with E-state index in [1.165, 1.54) is 24.9 Å². The van der Waals surface area contributed by atoms with Crippen molar-refractivity contribution in [2.75, 3.05) is 5.32 Å². The minimum absolute atomic E-state index is 0.0640. The molecule has 18 heavy (non-hydrogen) atoms. The molecule has 0 amide bonds. The van der Waals surface area contributed by atoms with Crippen LogP contribution in [-0.4, -0.2) is 29.0 Å². The number of fused-ring (bicyclic) bond motifs is 1. The van der Waals surface area contributed by atoms with Crippen molar-refractivity contribution >= 4 is 31.7 Å². The third-order valence-corrected chi connectivity index (χ3v) is 5.38. The van der Waals surface area contributed by atoms with E-state index in [2.05, 4.69) is 45.3 Å². The van der Waals surface area contributed by atoms with E-state index in [0.717, 1.165) is 22.9 Å². The SMILES string of the molecule is CC1CCC(Nc2cccc3n[se]nc23)CC1C. The van der Waals surface area contributed by atoms with Crippen molar-refractivity contribution in [2.24, 2.45) is 11.8 Å². The zero-order valence-electron chi connectivity index (χ0n) is 10.9. The van der Waals surface area contributed by atoms with Gasteiger partial charge in [-0.25, -0.2) is 0 Å². The molecule has 0 radical (unpaired) electrons. The number of anilines is 1. The first-order chi connectivity index (χ1) is 8.74. The number of rotatable bonds is 2. The average molecular weight is 308 g/mol. The molecule has 0 aliphatic heterocycles. The van der Waals surface area contributed by atoms with E-state index in [-0.39, 0.29) is 15.0 Å². The van der Waals surface area contributed by atoms with Crippen molar-refractivity contribution in [1.82, 2.24) is 7.96 Å². The van der Waals surface area contributed by atoms with Gasteiger partial charge in [-0.15, -0.1) is 0 Å². The van der Waals surface area contributed by atoms with Gasteiger partial charge >= 0.3 is 114 Å². The van der Waals surface area contributed by atoms with E-state index in [9.17, 15) is 0 Å². The Bertz CT molecular complexity index is 537. The summed E-state index contributed by atoms with van der Waals surface area (Å²) in [5.41, 5.74) is 3.34. The van der Waals surface area contributed by atoms with Crippen LogP contribution in [0.15, 0.2) is 18.2 Å². The van der Waals surface area contributed by atoms with E-state index in [0.29, 0.717) is 6.04 Å². The van der Waals surface area contributed by atoms with E-state index in [4.69, 9.17) is 0 Å². The third kappa shape index (κ3) is 2.32.